The minimum Gasteiger partial charge on any atom is -0.402 e. The Hall–Kier alpha value is -0.260. The summed E-state index contributed by atoms with van der Waals surface area (Å²) in [5, 5.41) is 0. The molecule has 0 saturated carbocycles. The molecule has 10 heteroatoms. The third kappa shape index (κ3) is 4.16. The molecule has 0 aliphatic rings. The number of alkyl halides is 6. The van der Waals surface area contributed by atoms with E-state index in [4.69, 9.17) is 0 Å². The molecule has 0 saturated heterocycles. The lowest BCUT2D eigenvalue weighted by Gasteiger charge is -2.13. The number of hydrogen-bond donors (Lipinski definition) is 0. The van der Waals surface area contributed by atoms with E-state index in [1.807, 2.05) is 0 Å². The van der Waals surface area contributed by atoms with Crippen LogP contribution in [0.1, 0.15) is 5.69 Å². The minimum atomic E-state index is -5.00. The van der Waals surface area contributed by atoms with Gasteiger partial charge in [-0.2, -0.15) is 13.2 Å². The van der Waals surface area contributed by atoms with Crippen molar-refractivity contribution in [2.75, 3.05) is 0 Å². The Morgan fingerprint density at radius 3 is 2.06 bits per heavy atom. The van der Waals surface area contributed by atoms with Gasteiger partial charge in [0.05, 0.1) is 4.47 Å². The fourth-order valence-corrected chi connectivity index (χ4v) is 2.34. The SMILES string of the molecule is FC(F)(F)Oc1c(Br)cc(C(F)(F)F)nc1I. The molecule has 2 nitrogen and oxygen atoms in total. The molecule has 0 fully saturated rings. The lowest BCUT2D eigenvalue weighted by molar-refractivity contribution is -0.275. The second-order valence-electron chi connectivity index (χ2n) is 2.65. The average molecular weight is 436 g/mol. The number of hydrogen-bond acceptors (Lipinski definition) is 2. The summed E-state index contributed by atoms with van der Waals surface area (Å²) in [6, 6.07) is 0.420. The maximum atomic E-state index is 12.3. The van der Waals surface area contributed by atoms with Crippen LogP contribution in [0.3, 0.4) is 0 Å². The quantitative estimate of drug-likeness (QED) is 0.371. The fourth-order valence-electron chi connectivity index (χ4n) is 0.825. The summed E-state index contributed by atoms with van der Waals surface area (Å²) in [6.07, 6.45) is -9.73. The summed E-state index contributed by atoms with van der Waals surface area (Å²) in [5.41, 5.74) is -1.30. The van der Waals surface area contributed by atoms with Gasteiger partial charge in [-0.25, -0.2) is 4.98 Å². The Labute approximate surface area is 113 Å². The number of aromatic nitrogens is 1. The summed E-state index contributed by atoms with van der Waals surface area (Å²) in [7, 11) is 0. The molecule has 1 heterocycles. The van der Waals surface area contributed by atoms with Gasteiger partial charge in [0.1, 0.15) is 9.39 Å². The number of rotatable bonds is 1. The molecule has 0 amide bonds. The van der Waals surface area contributed by atoms with E-state index in [1.165, 1.54) is 22.6 Å². The Bertz CT molecular complexity index is 408. The van der Waals surface area contributed by atoms with Crippen LogP contribution in [0.15, 0.2) is 10.5 Å². The molecule has 0 aliphatic carbocycles. The van der Waals surface area contributed by atoms with E-state index in [2.05, 4.69) is 25.7 Å². The van der Waals surface area contributed by atoms with Crippen LogP contribution < -0.4 is 4.74 Å². The molecule has 1 rings (SSSR count). The summed E-state index contributed by atoms with van der Waals surface area (Å²) in [6.45, 7) is 0. The lowest BCUT2D eigenvalue weighted by atomic mass is 10.3. The van der Waals surface area contributed by atoms with Gasteiger partial charge in [-0.05, 0) is 44.6 Å². The largest absolute Gasteiger partial charge is 0.573 e. The van der Waals surface area contributed by atoms with Crippen molar-refractivity contribution < 1.29 is 31.1 Å². The van der Waals surface area contributed by atoms with Crippen LogP contribution in [-0.4, -0.2) is 11.3 Å². The molecule has 0 atom stereocenters. The van der Waals surface area contributed by atoms with E-state index in [0.29, 0.717) is 6.07 Å². The molecule has 0 spiro atoms. The highest BCUT2D eigenvalue weighted by Crippen LogP contribution is 2.38. The highest BCUT2D eigenvalue weighted by Gasteiger charge is 2.37. The van der Waals surface area contributed by atoms with Crippen LogP contribution in [0, 0.1) is 3.70 Å². The Morgan fingerprint density at radius 2 is 1.71 bits per heavy atom. The van der Waals surface area contributed by atoms with Crippen molar-refractivity contribution >= 4 is 38.5 Å². The molecule has 96 valence electrons. The third-order valence-electron chi connectivity index (χ3n) is 1.39. The Balaban J connectivity index is 3.20. The van der Waals surface area contributed by atoms with Gasteiger partial charge in [0.2, 0.25) is 0 Å². The summed E-state index contributed by atoms with van der Waals surface area (Å²) in [5.74, 6) is -0.800. The highest BCUT2D eigenvalue weighted by molar-refractivity contribution is 14.1. The van der Waals surface area contributed by atoms with Crippen molar-refractivity contribution in [3.63, 3.8) is 0 Å². The van der Waals surface area contributed by atoms with Gasteiger partial charge in [-0.15, -0.1) is 13.2 Å². The third-order valence-corrected chi connectivity index (χ3v) is 2.71. The van der Waals surface area contributed by atoms with E-state index < -0.39 is 32.2 Å². The highest BCUT2D eigenvalue weighted by atomic mass is 127. The number of ether oxygens (including phenoxy) is 1. The van der Waals surface area contributed by atoms with Crippen LogP contribution in [-0.2, 0) is 6.18 Å². The van der Waals surface area contributed by atoms with Crippen molar-refractivity contribution in [3.05, 3.63) is 19.9 Å². The number of pyridine rings is 1. The molecule has 17 heavy (non-hydrogen) atoms. The molecule has 0 aromatic carbocycles. The first-order valence-corrected chi connectivity index (χ1v) is 5.57. The van der Waals surface area contributed by atoms with Crippen molar-refractivity contribution in [2.24, 2.45) is 0 Å². The van der Waals surface area contributed by atoms with Crippen LogP contribution >= 0.6 is 38.5 Å². The van der Waals surface area contributed by atoms with Crippen LogP contribution in [0.5, 0.6) is 5.75 Å². The van der Waals surface area contributed by atoms with Crippen LogP contribution in [0.4, 0.5) is 26.3 Å². The first-order valence-electron chi connectivity index (χ1n) is 3.69. The van der Waals surface area contributed by atoms with E-state index >= 15 is 0 Å². The van der Waals surface area contributed by atoms with Gasteiger partial charge in [-0.1, -0.05) is 0 Å². The van der Waals surface area contributed by atoms with Gasteiger partial charge in [0, 0.05) is 0 Å². The maximum Gasteiger partial charge on any atom is 0.573 e. The maximum absolute atomic E-state index is 12.3. The zero-order chi connectivity index (χ0) is 13.4. The Morgan fingerprint density at radius 1 is 1.18 bits per heavy atom. The normalized spacial score (nSPS) is 12.7. The molecular formula is C7HBrF6INO. The Kier molecular flexibility index (Phi) is 4.16. The van der Waals surface area contributed by atoms with Gasteiger partial charge in [0.25, 0.3) is 0 Å². The average Bonchev–Trinajstić information content (AvgIpc) is 2.07. The predicted molar refractivity (Wildman–Crippen MR) is 56.3 cm³/mol. The second kappa shape index (κ2) is 4.78. The van der Waals surface area contributed by atoms with Gasteiger partial charge in [0.15, 0.2) is 5.75 Å². The molecule has 0 bridgehead atoms. The molecule has 0 aliphatic heterocycles. The molecular weight excluding hydrogens is 435 g/mol. The molecule has 0 radical (unpaired) electrons. The zero-order valence-electron chi connectivity index (χ0n) is 7.46. The van der Waals surface area contributed by atoms with E-state index in [1.54, 1.807) is 0 Å². The number of halogens is 8. The predicted octanol–water partition coefficient (Wildman–Crippen LogP) is 4.37. The van der Waals surface area contributed by atoms with Crippen molar-refractivity contribution in [3.8, 4) is 5.75 Å². The van der Waals surface area contributed by atoms with Gasteiger partial charge < -0.3 is 4.74 Å². The molecule has 0 unspecified atom stereocenters. The minimum absolute atomic E-state index is 0.420. The fraction of sp³-hybridized carbons (Fsp3) is 0.286. The van der Waals surface area contributed by atoms with Crippen molar-refractivity contribution in [1.82, 2.24) is 4.98 Å². The summed E-state index contributed by atoms with van der Waals surface area (Å²) >= 11 is 3.80. The van der Waals surface area contributed by atoms with E-state index in [9.17, 15) is 26.3 Å². The standard InChI is InChI=1S/C7HBrF6INO/c8-2-1-3(6(9,10)11)16-5(15)4(2)17-7(12,13)14/h1H. The topological polar surface area (TPSA) is 22.1 Å². The first-order chi connectivity index (χ1) is 7.50. The number of nitrogens with zero attached hydrogens (tertiary/aromatic N) is 1. The monoisotopic (exact) mass is 435 g/mol. The van der Waals surface area contributed by atoms with Crippen LogP contribution in [0.2, 0.25) is 0 Å². The summed E-state index contributed by atoms with van der Waals surface area (Å²) in [4.78, 5) is 3.00. The van der Waals surface area contributed by atoms with Crippen molar-refractivity contribution in [1.29, 1.82) is 0 Å². The van der Waals surface area contributed by atoms with Gasteiger partial charge in [-0.3, -0.25) is 0 Å². The summed E-state index contributed by atoms with van der Waals surface area (Å²) < 4.78 is 75.2. The first kappa shape index (κ1) is 14.8. The molecule has 0 N–H and O–H groups in total. The zero-order valence-corrected chi connectivity index (χ0v) is 11.2. The molecule has 1 aromatic rings. The van der Waals surface area contributed by atoms with E-state index in [0.717, 1.165) is 0 Å². The smallest absolute Gasteiger partial charge is 0.402 e. The van der Waals surface area contributed by atoms with Gasteiger partial charge >= 0.3 is 12.5 Å². The van der Waals surface area contributed by atoms with Crippen LogP contribution in [0.25, 0.3) is 0 Å². The van der Waals surface area contributed by atoms with E-state index in [-0.39, 0.29) is 0 Å². The second-order valence-corrected chi connectivity index (χ2v) is 4.53. The van der Waals surface area contributed by atoms with Crippen molar-refractivity contribution in [2.45, 2.75) is 12.5 Å². The molecule has 1 aromatic heterocycles. The lowest BCUT2D eigenvalue weighted by Crippen LogP contribution is -2.19.